The number of hydrogen-bond donors (Lipinski definition) is 2. The van der Waals surface area contributed by atoms with Crippen LogP contribution in [0, 0.1) is 6.92 Å². The monoisotopic (exact) mass is 645 g/mol. The highest BCUT2D eigenvalue weighted by molar-refractivity contribution is 7.07. The Morgan fingerprint density at radius 3 is 2.45 bits per heavy atom. The number of carboxylic acids is 1. The average molecular weight is 646 g/mol. The Hall–Kier alpha value is -5.74. The highest BCUT2D eigenvalue weighted by Crippen LogP contribution is 2.32. The van der Waals surface area contributed by atoms with Crippen LogP contribution in [0.1, 0.15) is 45.6 Å². The minimum Gasteiger partial charge on any atom is -0.493 e. The van der Waals surface area contributed by atoms with Crippen molar-refractivity contribution in [2.45, 2.75) is 26.5 Å². The molecule has 2 heterocycles. The van der Waals surface area contributed by atoms with Crippen LogP contribution < -0.4 is 29.7 Å². The van der Waals surface area contributed by atoms with Gasteiger partial charge < -0.3 is 19.9 Å². The number of nitrogens with one attached hydrogen (secondary N) is 1. The maximum atomic E-state index is 14.1. The van der Waals surface area contributed by atoms with E-state index in [1.807, 2.05) is 67.6 Å². The third-order valence-corrected chi connectivity index (χ3v) is 8.73. The van der Waals surface area contributed by atoms with Gasteiger partial charge in [-0.05, 0) is 73.0 Å². The minimum atomic E-state index is -1.01. The van der Waals surface area contributed by atoms with Gasteiger partial charge in [0, 0.05) is 5.69 Å². The van der Waals surface area contributed by atoms with E-state index in [0.717, 1.165) is 11.1 Å². The first-order chi connectivity index (χ1) is 22.7. The number of aromatic carboxylic acids is 1. The second-order valence-electron chi connectivity index (χ2n) is 11.0. The molecule has 1 aliphatic heterocycles. The third kappa shape index (κ3) is 6.63. The summed E-state index contributed by atoms with van der Waals surface area (Å²) in [6.45, 7) is 3.93. The van der Waals surface area contributed by atoms with Gasteiger partial charge in [0.15, 0.2) is 16.3 Å². The second-order valence-corrected chi connectivity index (χ2v) is 12.0. The smallest absolute Gasteiger partial charge is 0.335 e. The first kappa shape index (κ1) is 31.3. The second kappa shape index (κ2) is 13.3. The Bertz CT molecular complexity index is 2200. The van der Waals surface area contributed by atoms with Crippen LogP contribution in [0.25, 0.3) is 6.08 Å². The number of methoxy groups -OCH3 is 1. The summed E-state index contributed by atoms with van der Waals surface area (Å²) in [5.74, 6) is -0.413. The molecule has 0 saturated carbocycles. The number of rotatable bonds is 9. The summed E-state index contributed by atoms with van der Waals surface area (Å²) in [6, 6.07) is 28.2. The molecular weight excluding hydrogens is 614 g/mol. The van der Waals surface area contributed by atoms with Crippen molar-refractivity contribution in [1.82, 2.24) is 4.57 Å². The van der Waals surface area contributed by atoms with Gasteiger partial charge in [-0.15, -0.1) is 0 Å². The van der Waals surface area contributed by atoms with Crippen LogP contribution in [0.15, 0.2) is 118 Å². The number of nitrogens with zero attached hydrogens (tertiary/aromatic N) is 2. The lowest BCUT2D eigenvalue weighted by Crippen LogP contribution is -2.40. The van der Waals surface area contributed by atoms with Crippen LogP contribution in [0.2, 0.25) is 0 Å². The van der Waals surface area contributed by atoms with Crippen molar-refractivity contribution >= 4 is 35.0 Å². The van der Waals surface area contributed by atoms with Crippen LogP contribution in [0.4, 0.5) is 5.69 Å². The van der Waals surface area contributed by atoms with Crippen molar-refractivity contribution in [3.05, 3.63) is 156 Å². The number of amides is 1. The molecule has 0 bridgehead atoms. The number of thiazole rings is 1. The fraction of sp³-hybridized carbons (Fsp3) is 0.135. The minimum absolute atomic E-state index is 0.147. The average Bonchev–Trinajstić information content (AvgIpc) is 3.37. The lowest BCUT2D eigenvalue weighted by atomic mass is 9.94. The molecule has 1 aromatic heterocycles. The molecule has 2 N–H and O–H groups in total. The Morgan fingerprint density at radius 1 is 0.957 bits per heavy atom. The van der Waals surface area contributed by atoms with Crippen molar-refractivity contribution in [3.63, 3.8) is 0 Å². The molecule has 0 radical (unpaired) electrons. The summed E-state index contributed by atoms with van der Waals surface area (Å²) in [5, 5.41) is 12.2. The molecule has 47 heavy (non-hydrogen) atoms. The Kier molecular flexibility index (Phi) is 8.86. The van der Waals surface area contributed by atoms with Gasteiger partial charge in [0.05, 0.1) is 34.5 Å². The maximum absolute atomic E-state index is 14.1. The van der Waals surface area contributed by atoms with Crippen LogP contribution in [-0.4, -0.2) is 28.7 Å². The molecule has 0 fully saturated rings. The molecular formula is C37H31N3O6S. The lowest BCUT2D eigenvalue weighted by Gasteiger charge is -2.25. The van der Waals surface area contributed by atoms with E-state index >= 15 is 0 Å². The molecule has 236 valence electrons. The number of carbonyl (C=O) groups excluding carboxylic acids is 1. The quantitative estimate of drug-likeness (QED) is 0.220. The van der Waals surface area contributed by atoms with Gasteiger partial charge in [-0.3, -0.25) is 14.2 Å². The van der Waals surface area contributed by atoms with Gasteiger partial charge in [0.25, 0.3) is 11.5 Å². The number of aryl methyl sites for hydroxylation is 1. The van der Waals surface area contributed by atoms with Crippen LogP contribution in [0.5, 0.6) is 11.5 Å². The van der Waals surface area contributed by atoms with Crippen molar-refractivity contribution in [1.29, 1.82) is 0 Å². The molecule has 1 amide bonds. The van der Waals surface area contributed by atoms with Crippen molar-refractivity contribution in [3.8, 4) is 11.5 Å². The fourth-order valence-electron chi connectivity index (χ4n) is 5.40. The van der Waals surface area contributed by atoms with E-state index in [2.05, 4.69) is 5.32 Å². The number of ether oxygens (including phenoxy) is 2. The van der Waals surface area contributed by atoms with E-state index in [9.17, 15) is 19.5 Å². The van der Waals surface area contributed by atoms with Gasteiger partial charge >= 0.3 is 5.97 Å². The van der Waals surface area contributed by atoms with Gasteiger partial charge in [-0.2, -0.15) is 0 Å². The first-order valence-corrected chi connectivity index (χ1v) is 15.6. The summed E-state index contributed by atoms with van der Waals surface area (Å²) in [7, 11) is 1.53. The van der Waals surface area contributed by atoms with E-state index in [0.29, 0.717) is 48.9 Å². The number of para-hydroxylation sites is 1. The fourth-order valence-corrected chi connectivity index (χ4v) is 6.44. The van der Waals surface area contributed by atoms with E-state index < -0.39 is 12.0 Å². The van der Waals surface area contributed by atoms with Crippen LogP contribution >= 0.6 is 11.3 Å². The molecule has 9 nitrogen and oxygen atoms in total. The molecule has 1 aliphatic rings. The largest absolute Gasteiger partial charge is 0.493 e. The number of carbonyl (C=O) groups is 2. The standard InChI is InChI=1S/C37H31N3O6S/c1-22-12-15-26(16-13-22)33-32(34(41)39-28-10-5-4-6-11-28)23(2)38-37-40(33)35(42)31(47-37)20-24-14-17-29(30(19-24)45-3)46-21-25-8-7-9-27(18-25)36(43)44/h4-20,33H,21H2,1-3H3,(H,39,41)(H,43,44)/b31-20-/t33-/m1/s1. The zero-order valence-corrected chi connectivity index (χ0v) is 26.7. The summed E-state index contributed by atoms with van der Waals surface area (Å²) in [5.41, 5.74) is 4.76. The van der Waals surface area contributed by atoms with Gasteiger partial charge in [-0.25, -0.2) is 9.79 Å². The zero-order valence-electron chi connectivity index (χ0n) is 25.9. The van der Waals surface area contributed by atoms with Gasteiger partial charge in [0.2, 0.25) is 0 Å². The molecule has 0 aliphatic carbocycles. The molecule has 0 saturated heterocycles. The molecule has 0 unspecified atom stereocenters. The Morgan fingerprint density at radius 2 is 1.72 bits per heavy atom. The highest BCUT2D eigenvalue weighted by Gasteiger charge is 2.32. The van der Waals surface area contributed by atoms with E-state index in [4.69, 9.17) is 14.5 Å². The predicted molar refractivity (Wildman–Crippen MR) is 181 cm³/mol. The Labute approximate surface area is 274 Å². The summed E-state index contributed by atoms with van der Waals surface area (Å²) < 4.78 is 13.6. The summed E-state index contributed by atoms with van der Waals surface area (Å²) in [4.78, 5) is 44.4. The van der Waals surface area contributed by atoms with E-state index in [1.54, 1.807) is 47.9 Å². The van der Waals surface area contributed by atoms with Crippen molar-refractivity contribution in [2.75, 3.05) is 12.4 Å². The SMILES string of the molecule is COc1cc(/C=c2\sc3n(c2=O)[C@H](c2ccc(C)cc2)C(C(=O)Nc2ccccc2)=C(C)N=3)ccc1OCc1cccc(C(=O)O)c1. The number of benzene rings is 4. The zero-order chi connectivity index (χ0) is 33.1. The number of aromatic nitrogens is 1. The summed E-state index contributed by atoms with van der Waals surface area (Å²) >= 11 is 1.25. The number of hydrogen-bond acceptors (Lipinski definition) is 7. The maximum Gasteiger partial charge on any atom is 0.335 e. The molecule has 4 aromatic carbocycles. The van der Waals surface area contributed by atoms with E-state index in [1.165, 1.54) is 24.5 Å². The van der Waals surface area contributed by atoms with Crippen LogP contribution in [-0.2, 0) is 11.4 Å². The predicted octanol–water partition coefficient (Wildman–Crippen LogP) is 5.47. The van der Waals surface area contributed by atoms with Crippen molar-refractivity contribution < 1.29 is 24.2 Å². The van der Waals surface area contributed by atoms with Gasteiger partial charge in [0.1, 0.15) is 6.61 Å². The normalized spacial score (nSPS) is 14.3. The topological polar surface area (TPSA) is 119 Å². The van der Waals surface area contributed by atoms with Crippen molar-refractivity contribution in [2.24, 2.45) is 4.99 Å². The first-order valence-electron chi connectivity index (χ1n) is 14.8. The molecule has 1 atom stereocenters. The van der Waals surface area contributed by atoms with E-state index in [-0.39, 0.29) is 23.6 Å². The van der Waals surface area contributed by atoms with Gasteiger partial charge in [-0.1, -0.05) is 77.6 Å². The van der Waals surface area contributed by atoms with Crippen LogP contribution in [0.3, 0.4) is 0 Å². The number of anilines is 1. The lowest BCUT2D eigenvalue weighted by molar-refractivity contribution is -0.113. The highest BCUT2D eigenvalue weighted by atomic mass is 32.1. The summed E-state index contributed by atoms with van der Waals surface area (Å²) in [6.07, 6.45) is 1.77. The Balaban J connectivity index is 1.35. The molecule has 10 heteroatoms. The number of fused-ring (bicyclic) bond motifs is 1. The molecule has 0 spiro atoms. The molecule has 6 rings (SSSR count). The number of allylic oxidation sites excluding steroid dienone is 1. The number of carboxylic acid groups (broad SMARTS) is 1. The molecule has 5 aromatic rings. The third-order valence-electron chi connectivity index (χ3n) is 7.74.